The first-order valence-corrected chi connectivity index (χ1v) is 8.09. The molecule has 20 heavy (non-hydrogen) atoms. The molecule has 0 aliphatic rings. The van der Waals surface area contributed by atoms with Crippen molar-refractivity contribution in [1.29, 1.82) is 0 Å². The van der Waals surface area contributed by atoms with E-state index in [0.717, 1.165) is 27.8 Å². The van der Waals surface area contributed by atoms with Gasteiger partial charge < -0.3 is 4.90 Å². The highest BCUT2D eigenvalue weighted by Gasteiger charge is 2.24. The lowest BCUT2D eigenvalue weighted by Crippen LogP contribution is -2.18. The molecular formula is C14H19N3OS2. The Morgan fingerprint density at radius 1 is 1.35 bits per heavy atom. The van der Waals surface area contributed by atoms with Gasteiger partial charge in [0.1, 0.15) is 0 Å². The average Bonchev–Trinajstić information content (AvgIpc) is 2.94. The van der Waals surface area contributed by atoms with E-state index >= 15 is 0 Å². The van der Waals surface area contributed by atoms with Crippen LogP contribution in [-0.2, 0) is 12.0 Å². The fourth-order valence-corrected chi connectivity index (χ4v) is 3.55. The first-order valence-electron chi connectivity index (χ1n) is 6.40. The topological polar surface area (TPSA) is 46.1 Å². The Bertz CT molecular complexity index is 610. The van der Waals surface area contributed by atoms with Crippen LogP contribution in [0.25, 0.3) is 0 Å². The predicted octanol–water partition coefficient (Wildman–Crippen LogP) is 3.65. The first kappa shape index (κ1) is 15.1. The van der Waals surface area contributed by atoms with E-state index in [-0.39, 0.29) is 5.41 Å². The van der Waals surface area contributed by atoms with Crippen LogP contribution in [0.4, 0.5) is 5.13 Å². The van der Waals surface area contributed by atoms with Crippen LogP contribution in [0.5, 0.6) is 0 Å². The summed E-state index contributed by atoms with van der Waals surface area (Å²) in [6, 6.07) is 0. The van der Waals surface area contributed by atoms with Crippen LogP contribution in [0.1, 0.15) is 46.8 Å². The fourth-order valence-electron chi connectivity index (χ4n) is 1.89. The van der Waals surface area contributed by atoms with E-state index < -0.39 is 0 Å². The molecule has 0 saturated heterocycles. The van der Waals surface area contributed by atoms with E-state index in [2.05, 4.69) is 36.1 Å². The Balaban J connectivity index is 2.24. The third kappa shape index (κ3) is 3.24. The van der Waals surface area contributed by atoms with Crippen LogP contribution in [0.15, 0.2) is 5.38 Å². The molecule has 2 aromatic heterocycles. The van der Waals surface area contributed by atoms with Gasteiger partial charge in [0.05, 0.1) is 27.8 Å². The van der Waals surface area contributed by atoms with Gasteiger partial charge in [-0.3, -0.25) is 4.79 Å². The lowest BCUT2D eigenvalue weighted by atomic mass is 9.91. The summed E-state index contributed by atoms with van der Waals surface area (Å²) in [5.74, 6) is 0. The Hall–Kier alpha value is -1.27. The van der Waals surface area contributed by atoms with Crippen LogP contribution < -0.4 is 4.90 Å². The van der Waals surface area contributed by atoms with Gasteiger partial charge in [-0.25, -0.2) is 9.97 Å². The minimum absolute atomic E-state index is 0.122. The van der Waals surface area contributed by atoms with Gasteiger partial charge in [0.2, 0.25) is 0 Å². The molecule has 6 heteroatoms. The molecule has 0 aliphatic carbocycles. The van der Waals surface area contributed by atoms with Gasteiger partial charge in [0.15, 0.2) is 11.4 Å². The molecule has 0 saturated carbocycles. The molecule has 0 amide bonds. The third-order valence-electron chi connectivity index (χ3n) is 2.85. The molecule has 0 spiro atoms. The van der Waals surface area contributed by atoms with Crippen molar-refractivity contribution in [3.05, 3.63) is 26.7 Å². The minimum atomic E-state index is -0.122. The lowest BCUT2D eigenvalue weighted by molar-refractivity contribution is 0.112. The second kappa shape index (κ2) is 5.61. The van der Waals surface area contributed by atoms with Crippen LogP contribution in [0, 0.1) is 6.92 Å². The maximum absolute atomic E-state index is 11.2. The molecule has 0 aromatic carbocycles. The number of hydrogen-bond donors (Lipinski definition) is 0. The average molecular weight is 309 g/mol. The third-order valence-corrected chi connectivity index (χ3v) is 4.77. The van der Waals surface area contributed by atoms with E-state index in [9.17, 15) is 4.79 Å². The van der Waals surface area contributed by atoms with E-state index in [0.29, 0.717) is 11.4 Å². The van der Waals surface area contributed by atoms with E-state index in [1.54, 1.807) is 11.3 Å². The molecule has 4 nitrogen and oxygen atoms in total. The Labute approximate surface area is 127 Å². The van der Waals surface area contributed by atoms with Crippen molar-refractivity contribution in [2.45, 2.75) is 39.7 Å². The van der Waals surface area contributed by atoms with Crippen molar-refractivity contribution in [3.63, 3.8) is 0 Å². The molecule has 2 rings (SSSR count). The quantitative estimate of drug-likeness (QED) is 0.809. The van der Waals surface area contributed by atoms with Gasteiger partial charge >= 0.3 is 0 Å². The number of rotatable bonds is 4. The standard InChI is InChI=1S/C14H19N3OS2/c1-9-15-10(8-19-9)6-17(5)13-16-12(14(2,3)4)11(7-18)20-13/h7-8H,6H2,1-5H3. The minimum Gasteiger partial charge on any atom is -0.345 e. The number of thiazole rings is 2. The molecule has 0 bridgehead atoms. The first-order chi connectivity index (χ1) is 9.31. The summed E-state index contributed by atoms with van der Waals surface area (Å²) in [5, 5.41) is 3.99. The highest BCUT2D eigenvalue weighted by Crippen LogP contribution is 2.32. The van der Waals surface area contributed by atoms with Crippen molar-refractivity contribution in [2.24, 2.45) is 0 Å². The zero-order chi connectivity index (χ0) is 14.9. The number of anilines is 1. The van der Waals surface area contributed by atoms with Gasteiger partial charge in [-0.2, -0.15) is 0 Å². The highest BCUT2D eigenvalue weighted by atomic mass is 32.1. The van der Waals surface area contributed by atoms with Gasteiger partial charge in [-0.05, 0) is 6.92 Å². The van der Waals surface area contributed by atoms with Crippen molar-refractivity contribution in [1.82, 2.24) is 9.97 Å². The molecule has 0 fully saturated rings. The van der Waals surface area contributed by atoms with Crippen LogP contribution in [0.2, 0.25) is 0 Å². The van der Waals surface area contributed by atoms with E-state index in [1.165, 1.54) is 11.3 Å². The number of aromatic nitrogens is 2. The van der Waals surface area contributed by atoms with Gasteiger partial charge in [0.25, 0.3) is 0 Å². The lowest BCUT2D eigenvalue weighted by Gasteiger charge is -2.17. The van der Waals surface area contributed by atoms with Crippen molar-refractivity contribution < 1.29 is 4.79 Å². The van der Waals surface area contributed by atoms with Gasteiger partial charge in [0, 0.05) is 17.8 Å². The number of carbonyl (C=O) groups is 1. The normalized spacial score (nSPS) is 11.7. The number of aryl methyl sites for hydroxylation is 1. The summed E-state index contributed by atoms with van der Waals surface area (Å²) in [7, 11) is 1.98. The Morgan fingerprint density at radius 3 is 2.50 bits per heavy atom. The van der Waals surface area contributed by atoms with E-state index in [1.807, 2.05) is 18.9 Å². The predicted molar refractivity (Wildman–Crippen MR) is 85.2 cm³/mol. The van der Waals surface area contributed by atoms with Crippen LogP contribution in [0.3, 0.4) is 0 Å². The van der Waals surface area contributed by atoms with Crippen LogP contribution in [-0.4, -0.2) is 23.3 Å². The van der Waals surface area contributed by atoms with E-state index in [4.69, 9.17) is 0 Å². The number of nitrogens with zero attached hydrogens (tertiary/aromatic N) is 3. The Kier molecular flexibility index (Phi) is 4.25. The van der Waals surface area contributed by atoms with Gasteiger partial charge in [-0.15, -0.1) is 11.3 Å². The zero-order valence-electron chi connectivity index (χ0n) is 12.4. The van der Waals surface area contributed by atoms with Crippen molar-refractivity contribution >= 4 is 34.1 Å². The molecular weight excluding hydrogens is 290 g/mol. The highest BCUT2D eigenvalue weighted by molar-refractivity contribution is 7.17. The molecule has 0 unspecified atom stereocenters. The largest absolute Gasteiger partial charge is 0.345 e. The summed E-state index contributed by atoms with van der Waals surface area (Å²) in [5.41, 5.74) is 1.78. The number of hydrogen-bond acceptors (Lipinski definition) is 6. The summed E-state index contributed by atoms with van der Waals surface area (Å²) in [4.78, 5) is 23.1. The second-order valence-corrected chi connectivity index (χ2v) is 7.86. The van der Waals surface area contributed by atoms with Crippen molar-refractivity contribution in [2.75, 3.05) is 11.9 Å². The SMILES string of the molecule is Cc1nc(CN(C)c2nc(C(C)(C)C)c(C=O)s2)cs1. The molecule has 0 radical (unpaired) electrons. The molecule has 0 aliphatic heterocycles. The Morgan fingerprint density at radius 2 is 2.05 bits per heavy atom. The van der Waals surface area contributed by atoms with Gasteiger partial charge in [-0.1, -0.05) is 32.1 Å². The second-order valence-electron chi connectivity index (χ2n) is 5.79. The smallest absolute Gasteiger partial charge is 0.186 e. The number of carbonyl (C=O) groups excluding carboxylic acids is 1. The maximum Gasteiger partial charge on any atom is 0.186 e. The molecule has 2 heterocycles. The summed E-state index contributed by atoms with van der Waals surface area (Å²) < 4.78 is 0. The zero-order valence-corrected chi connectivity index (χ0v) is 14.1. The van der Waals surface area contributed by atoms with Crippen molar-refractivity contribution in [3.8, 4) is 0 Å². The molecule has 2 aromatic rings. The fraction of sp³-hybridized carbons (Fsp3) is 0.500. The molecule has 108 valence electrons. The molecule has 0 atom stereocenters. The monoisotopic (exact) mass is 309 g/mol. The molecule has 0 N–H and O–H groups in total. The maximum atomic E-state index is 11.2. The summed E-state index contributed by atoms with van der Waals surface area (Å²) >= 11 is 3.09. The summed E-state index contributed by atoms with van der Waals surface area (Å²) in [6.45, 7) is 8.92. The van der Waals surface area contributed by atoms with Crippen LogP contribution >= 0.6 is 22.7 Å². The summed E-state index contributed by atoms with van der Waals surface area (Å²) in [6.07, 6.45) is 0.905. The number of aldehydes is 1.